The number of carbonyl (C=O) groups is 1. The van der Waals surface area contributed by atoms with Crippen molar-refractivity contribution in [3.8, 4) is 22.6 Å². The van der Waals surface area contributed by atoms with Gasteiger partial charge in [-0.05, 0) is 65.7 Å². The highest BCUT2D eigenvalue weighted by molar-refractivity contribution is 6.17. The number of benzene rings is 4. The van der Waals surface area contributed by atoms with Crippen LogP contribution < -0.4 is 0 Å². The summed E-state index contributed by atoms with van der Waals surface area (Å²) in [5.74, 6) is 0.205. The highest BCUT2D eigenvalue weighted by atomic mass is 16.3. The molecule has 0 aliphatic carbocycles. The fourth-order valence-corrected chi connectivity index (χ4v) is 3.39. The number of hydrogen-bond acceptors (Lipinski definition) is 3. The van der Waals surface area contributed by atoms with Crippen LogP contribution in [0.2, 0.25) is 0 Å². The minimum Gasteiger partial charge on any atom is -0.508 e. The van der Waals surface area contributed by atoms with Crippen molar-refractivity contribution in [3.63, 3.8) is 0 Å². The molecule has 0 saturated carbocycles. The zero-order chi connectivity index (χ0) is 19.0. The van der Waals surface area contributed by atoms with Crippen LogP contribution in [-0.2, 0) is 0 Å². The van der Waals surface area contributed by atoms with Crippen LogP contribution in [-0.4, -0.2) is 16.0 Å². The number of carbonyl (C=O) groups excluding carboxylic acids is 1. The van der Waals surface area contributed by atoms with Gasteiger partial charge in [-0.3, -0.25) is 4.79 Å². The maximum Gasteiger partial charge on any atom is 0.193 e. The van der Waals surface area contributed by atoms with E-state index in [9.17, 15) is 15.0 Å². The first-order valence-electron chi connectivity index (χ1n) is 8.69. The van der Waals surface area contributed by atoms with Gasteiger partial charge in [-0.25, -0.2) is 0 Å². The average molecular weight is 354 g/mol. The monoisotopic (exact) mass is 354 g/mol. The molecular weight excluding hydrogens is 336 g/mol. The van der Waals surface area contributed by atoms with Crippen LogP contribution in [0.5, 0.6) is 11.5 Å². The second-order valence-electron chi connectivity index (χ2n) is 6.64. The fourth-order valence-electron chi connectivity index (χ4n) is 3.39. The van der Waals surface area contributed by atoms with E-state index in [0.717, 1.165) is 27.5 Å². The van der Waals surface area contributed by atoms with Crippen LogP contribution in [0, 0.1) is 6.92 Å². The first kappa shape index (κ1) is 16.9. The van der Waals surface area contributed by atoms with Crippen LogP contribution in [0.4, 0.5) is 0 Å². The molecule has 0 amide bonds. The lowest BCUT2D eigenvalue weighted by molar-refractivity contribution is 0.103. The number of phenolic OH excluding ortho intramolecular Hbond substituents is 2. The lowest BCUT2D eigenvalue weighted by Gasteiger charge is -2.14. The van der Waals surface area contributed by atoms with Gasteiger partial charge in [0.15, 0.2) is 5.78 Å². The van der Waals surface area contributed by atoms with Crippen LogP contribution in [0.1, 0.15) is 21.5 Å². The molecule has 0 spiro atoms. The second kappa shape index (κ2) is 6.61. The van der Waals surface area contributed by atoms with Gasteiger partial charge in [-0.1, -0.05) is 42.0 Å². The van der Waals surface area contributed by atoms with Crippen molar-refractivity contribution in [2.75, 3.05) is 0 Å². The van der Waals surface area contributed by atoms with E-state index in [1.807, 2.05) is 37.3 Å². The van der Waals surface area contributed by atoms with Crippen molar-refractivity contribution in [3.05, 3.63) is 95.6 Å². The largest absolute Gasteiger partial charge is 0.508 e. The third kappa shape index (κ3) is 3.15. The van der Waals surface area contributed by atoms with Gasteiger partial charge in [0, 0.05) is 16.7 Å². The van der Waals surface area contributed by atoms with Crippen LogP contribution in [0.15, 0.2) is 78.9 Å². The Labute approximate surface area is 157 Å². The van der Waals surface area contributed by atoms with Gasteiger partial charge in [0.05, 0.1) is 0 Å². The van der Waals surface area contributed by atoms with E-state index in [1.165, 1.54) is 12.1 Å². The Hall–Kier alpha value is -3.59. The number of fused-ring (bicyclic) bond motifs is 1. The molecule has 0 saturated heterocycles. The Kier molecular flexibility index (Phi) is 4.13. The summed E-state index contributed by atoms with van der Waals surface area (Å²) in [6.45, 7) is 2.02. The molecule has 132 valence electrons. The standard InChI is InChI=1S/C24H18O3/c1-15-3-2-4-18(13-15)23-21-12-10-20(26)14-17(21)7-11-22(23)24(27)16-5-8-19(25)9-6-16/h2-14,25-26H,1H3. The number of ketones is 1. The average Bonchev–Trinajstić information content (AvgIpc) is 2.67. The molecule has 0 aromatic heterocycles. The van der Waals surface area contributed by atoms with E-state index in [1.54, 1.807) is 30.3 Å². The smallest absolute Gasteiger partial charge is 0.193 e. The molecule has 2 N–H and O–H groups in total. The molecule has 0 bridgehead atoms. The number of rotatable bonds is 3. The van der Waals surface area contributed by atoms with Crippen LogP contribution in [0.25, 0.3) is 21.9 Å². The number of phenols is 2. The molecule has 3 heteroatoms. The zero-order valence-corrected chi connectivity index (χ0v) is 14.8. The quantitative estimate of drug-likeness (QED) is 0.481. The first-order chi connectivity index (χ1) is 13.0. The number of aromatic hydroxyl groups is 2. The molecule has 4 rings (SSSR count). The van der Waals surface area contributed by atoms with Crippen molar-refractivity contribution < 1.29 is 15.0 Å². The van der Waals surface area contributed by atoms with Crippen molar-refractivity contribution in [2.45, 2.75) is 6.92 Å². The number of aryl methyl sites for hydroxylation is 1. The lowest BCUT2D eigenvalue weighted by atomic mass is 9.89. The Morgan fingerprint density at radius 3 is 2.26 bits per heavy atom. The summed E-state index contributed by atoms with van der Waals surface area (Å²) in [6.07, 6.45) is 0. The molecule has 27 heavy (non-hydrogen) atoms. The highest BCUT2D eigenvalue weighted by Gasteiger charge is 2.18. The maximum atomic E-state index is 13.2. The topological polar surface area (TPSA) is 57.5 Å². The van der Waals surface area contributed by atoms with Gasteiger partial charge in [0.25, 0.3) is 0 Å². The molecule has 0 atom stereocenters. The van der Waals surface area contributed by atoms with E-state index >= 15 is 0 Å². The van der Waals surface area contributed by atoms with E-state index < -0.39 is 0 Å². The van der Waals surface area contributed by atoms with Gasteiger partial charge in [0.2, 0.25) is 0 Å². The van der Waals surface area contributed by atoms with Gasteiger partial charge in [-0.15, -0.1) is 0 Å². The van der Waals surface area contributed by atoms with Gasteiger partial charge in [0.1, 0.15) is 11.5 Å². The van der Waals surface area contributed by atoms with Gasteiger partial charge >= 0.3 is 0 Å². The third-order valence-corrected chi connectivity index (χ3v) is 4.68. The molecule has 0 aliphatic heterocycles. The summed E-state index contributed by atoms with van der Waals surface area (Å²) in [7, 11) is 0. The van der Waals surface area contributed by atoms with Crippen molar-refractivity contribution >= 4 is 16.6 Å². The van der Waals surface area contributed by atoms with E-state index in [-0.39, 0.29) is 17.3 Å². The Morgan fingerprint density at radius 2 is 1.52 bits per heavy atom. The molecule has 0 aliphatic rings. The predicted molar refractivity (Wildman–Crippen MR) is 107 cm³/mol. The van der Waals surface area contributed by atoms with E-state index in [0.29, 0.717) is 11.1 Å². The summed E-state index contributed by atoms with van der Waals surface area (Å²) in [6, 6.07) is 23.1. The molecule has 0 fully saturated rings. The molecule has 0 radical (unpaired) electrons. The van der Waals surface area contributed by atoms with E-state index in [2.05, 4.69) is 6.07 Å². The third-order valence-electron chi connectivity index (χ3n) is 4.68. The van der Waals surface area contributed by atoms with Crippen molar-refractivity contribution in [1.82, 2.24) is 0 Å². The summed E-state index contributed by atoms with van der Waals surface area (Å²) in [5, 5.41) is 21.1. The maximum absolute atomic E-state index is 13.2. The minimum atomic E-state index is -0.110. The summed E-state index contributed by atoms with van der Waals surface area (Å²) < 4.78 is 0. The molecule has 0 unspecified atom stereocenters. The van der Waals surface area contributed by atoms with Crippen LogP contribution in [0.3, 0.4) is 0 Å². The first-order valence-corrected chi connectivity index (χ1v) is 8.69. The summed E-state index contributed by atoms with van der Waals surface area (Å²) >= 11 is 0. The summed E-state index contributed by atoms with van der Waals surface area (Å²) in [5.41, 5.74) is 4.00. The van der Waals surface area contributed by atoms with E-state index in [4.69, 9.17) is 0 Å². The van der Waals surface area contributed by atoms with Gasteiger partial charge < -0.3 is 10.2 Å². The predicted octanol–water partition coefficient (Wildman–Crippen LogP) is 5.46. The molecular formula is C24H18O3. The highest BCUT2D eigenvalue weighted by Crippen LogP contribution is 2.35. The second-order valence-corrected chi connectivity index (χ2v) is 6.64. The zero-order valence-electron chi connectivity index (χ0n) is 14.8. The SMILES string of the molecule is Cc1cccc(-c2c(C(=O)c3ccc(O)cc3)ccc3cc(O)ccc23)c1. The Balaban J connectivity index is 2.00. The fraction of sp³-hybridized carbons (Fsp3) is 0.0417. The molecule has 3 nitrogen and oxygen atoms in total. The lowest BCUT2D eigenvalue weighted by Crippen LogP contribution is -2.04. The van der Waals surface area contributed by atoms with Gasteiger partial charge in [-0.2, -0.15) is 0 Å². The Bertz CT molecular complexity index is 1160. The molecule has 4 aromatic rings. The normalized spacial score (nSPS) is 10.9. The van der Waals surface area contributed by atoms with Crippen LogP contribution >= 0.6 is 0 Å². The minimum absolute atomic E-state index is 0.110. The van der Waals surface area contributed by atoms with Crippen molar-refractivity contribution in [1.29, 1.82) is 0 Å². The molecule has 4 aromatic carbocycles. The Morgan fingerprint density at radius 1 is 0.778 bits per heavy atom. The number of hydrogen-bond donors (Lipinski definition) is 2. The van der Waals surface area contributed by atoms with Crippen molar-refractivity contribution in [2.24, 2.45) is 0 Å². The summed E-state index contributed by atoms with van der Waals surface area (Å²) in [4.78, 5) is 13.2. The molecule has 0 heterocycles.